The van der Waals surface area contributed by atoms with Crippen molar-refractivity contribution in [3.63, 3.8) is 0 Å². The summed E-state index contributed by atoms with van der Waals surface area (Å²) in [6, 6.07) is 0. The molecule has 2 nitrogen and oxygen atoms in total. The fourth-order valence-corrected chi connectivity index (χ4v) is 0.907. The summed E-state index contributed by atoms with van der Waals surface area (Å²) < 4.78 is 0. The minimum atomic E-state index is 0.661. The van der Waals surface area contributed by atoms with Gasteiger partial charge in [0.1, 0.15) is 6.29 Å². The molecule has 0 aliphatic carbocycles. The third kappa shape index (κ3) is 9.69. The first-order valence-electron chi connectivity index (χ1n) is 3.82. The number of hydrogen-bond acceptors (Lipinski definition) is 3. The van der Waals surface area contributed by atoms with Crippen LogP contribution in [0, 0.1) is 0 Å². The van der Waals surface area contributed by atoms with E-state index >= 15 is 0 Å². The summed E-state index contributed by atoms with van der Waals surface area (Å²) in [5.74, 6) is 1.09. The summed E-state index contributed by atoms with van der Waals surface area (Å²) in [5.41, 5.74) is 0. The van der Waals surface area contributed by atoms with Crippen molar-refractivity contribution in [2.75, 3.05) is 18.6 Å². The van der Waals surface area contributed by atoms with Crippen LogP contribution in [0.15, 0.2) is 4.99 Å². The molecule has 0 atom stereocenters. The summed E-state index contributed by atoms with van der Waals surface area (Å²) in [4.78, 5) is 14.1. The van der Waals surface area contributed by atoms with E-state index in [1.54, 1.807) is 11.8 Å². The van der Waals surface area contributed by atoms with E-state index in [0.29, 0.717) is 6.42 Å². The molecular weight excluding hydrogens is 158 g/mol. The number of carbonyl (C=O) groups excluding carboxylic acids is 1. The average Bonchev–Trinajstić information content (AvgIpc) is 2.03. The SMILES string of the molecule is CSCC/N=C/CCCC=O. The first-order chi connectivity index (χ1) is 5.41. The number of thioether (sulfide) groups is 1. The van der Waals surface area contributed by atoms with Crippen molar-refractivity contribution in [3.05, 3.63) is 0 Å². The smallest absolute Gasteiger partial charge is 0.120 e. The number of nitrogens with zero attached hydrogens (tertiary/aromatic N) is 1. The molecule has 0 aromatic carbocycles. The second kappa shape index (κ2) is 9.69. The van der Waals surface area contributed by atoms with Gasteiger partial charge in [-0.15, -0.1) is 0 Å². The molecule has 3 heteroatoms. The van der Waals surface area contributed by atoms with E-state index in [-0.39, 0.29) is 0 Å². The summed E-state index contributed by atoms with van der Waals surface area (Å²) in [5, 5.41) is 0. The summed E-state index contributed by atoms with van der Waals surface area (Å²) in [7, 11) is 0. The van der Waals surface area contributed by atoms with Crippen LogP contribution in [0.1, 0.15) is 19.3 Å². The molecule has 11 heavy (non-hydrogen) atoms. The van der Waals surface area contributed by atoms with Gasteiger partial charge in [-0.2, -0.15) is 11.8 Å². The maximum Gasteiger partial charge on any atom is 0.120 e. The predicted octanol–water partition coefficient (Wildman–Crippen LogP) is 1.79. The Morgan fingerprint density at radius 1 is 1.45 bits per heavy atom. The molecule has 0 bridgehead atoms. The molecule has 0 saturated carbocycles. The molecule has 0 aliphatic heterocycles. The highest BCUT2D eigenvalue weighted by atomic mass is 32.2. The number of aliphatic imine (C=N–C) groups is 1. The first-order valence-corrected chi connectivity index (χ1v) is 5.22. The van der Waals surface area contributed by atoms with E-state index in [1.807, 2.05) is 6.21 Å². The van der Waals surface area contributed by atoms with Crippen LogP contribution in [0.5, 0.6) is 0 Å². The van der Waals surface area contributed by atoms with E-state index < -0.39 is 0 Å². The van der Waals surface area contributed by atoms with E-state index in [4.69, 9.17) is 0 Å². The van der Waals surface area contributed by atoms with Crippen molar-refractivity contribution in [1.82, 2.24) is 0 Å². The minimum Gasteiger partial charge on any atom is -0.303 e. The average molecular weight is 173 g/mol. The molecule has 0 radical (unpaired) electrons. The molecule has 0 saturated heterocycles. The number of hydrogen-bond donors (Lipinski definition) is 0. The standard InChI is InChI=1S/C8H15NOS/c1-11-8-6-9-5-3-2-4-7-10/h5,7H,2-4,6,8H2,1H3/b9-5+. The highest BCUT2D eigenvalue weighted by molar-refractivity contribution is 7.98. The maximum atomic E-state index is 9.89. The van der Waals surface area contributed by atoms with Gasteiger partial charge in [0.2, 0.25) is 0 Å². The second-order valence-electron chi connectivity index (χ2n) is 2.18. The van der Waals surface area contributed by atoms with E-state index in [9.17, 15) is 4.79 Å². The van der Waals surface area contributed by atoms with Crippen molar-refractivity contribution < 1.29 is 4.79 Å². The van der Waals surface area contributed by atoms with Crippen LogP contribution in [-0.4, -0.2) is 31.1 Å². The summed E-state index contributed by atoms with van der Waals surface area (Å²) >= 11 is 1.80. The zero-order valence-electron chi connectivity index (χ0n) is 6.95. The van der Waals surface area contributed by atoms with Gasteiger partial charge in [0, 0.05) is 18.7 Å². The van der Waals surface area contributed by atoms with Gasteiger partial charge in [-0.05, 0) is 25.3 Å². The van der Waals surface area contributed by atoms with Gasteiger partial charge in [-0.1, -0.05) is 0 Å². The first kappa shape index (κ1) is 10.7. The molecule has 0 aliphatic rings. The van der Waals surface area contributed by atoms with Crippen molar-refractivity contribution in [3.8, 4) is 0 Å². The van der Waals surface area contributed by atoms with Crippen LogP contribution in [0.2, 0.25) is 0 Å². The Balaban J connectivity index is 2.97. The topological polar surface area (TPSA) is 29.4 Å². The van der Waals surface area contributed by atoms with Gasteiger partial charge < -0.3 is 4.79 Å². The van der Waals surface area contributed by atoms with Crippen molar-refractivity contribution in [2.24, 2.45) is 4.99 Å². The number of unbranched alkanes of at least 4 members (excludes halogenated alkanes) is 2. The lowest BCUT2D eigenvalue weighted by molar-refractivity contribution is -0.107. The van der Waals surface area contributed by atoms with Gasteiger partial charge in [-0.3, -0.25) is 4.99 Å². The zero-order chi connectivity index (χ0) is 8.36. The zero-order valence-corrected chi connectivity index (χ0v) is 7.77. The highest BCUT2D eigenvalue weighted by Gasteiger charge is 1.82. The fourth-order valence-electron chi connectivity index (χ4n) is 0.619. The molecule has 0 rings (SSSR count). The Bertz CT molecular complexity index is 115. The van der Waals surface area contributed by atoms with Crippen LogP contribution in [0.3, 0.4) is 0 Å². The lowest BCUT2D eigenvalue weighted by atomic mass is 10.3. The Hall–Kier alpha value is -0.310. The summed E-state index contributed by atoms with van der Waals surface area (Å²) in [6.07, 6.45) is 7.48. The van der Waals surface area contributed by atoms with E-state index in [2.05, 4.69) is 11.2 Å². The number of aldehydes is 1. The third-order valence-electron chi connectivity index (χ3n) is 1.21. The third-order valence-corrected chi connectivity index (χ3v) is 1.80. The van der Waals surface area contributed by atoms with Gasteiger partial charge in [0.05, 0.1) is 0 Å². The largest absolute Gasteiger partial charge is 0.303 e. The molecule has 0 amide bonds. The molecule has 0 unspecified atom stereocenters. The Labute approximate surface area is 72.5 Å². The van der Waals surface area contributed by atoms with Gasteiger partial charge in [0.25, 0.3) is 0 Å². The molecule has 0 aromatic rings. The Morgan fingerprint density at radius 3 is 2.91 bits per heavy atom. The normalized spacial score (nSPS) is 10.6. The maximum absolute atomic E-state index is 9.89. The molecule has 64 valence electrons. The number of rotatable bonds is 7. The van der Waals surface area contributed by atoms with E-state index in [0.717, 1.165) is 31.4 Å². The molecule has 0 aromatic heterocycles. The van der Waals surface area contributed by atoms with Gasteiger partial charge >= 0.3 is 0 Å². The lowest BCUT2D eigenvalue weighted by Gasteiger charge is -1.89. The fraction of sp³-hybridized carbons (Fsp3) is 0.750. The molecule has 0 heterocycles. The molecule has 0 N–H and O–H groups in total. The monoisotopic (exact) mass is 173 g/mol. The Kier molecular flexibility index (Phi) is 9.42. The minimum absolute atomic E-state index is 0.661. The van der Waals surface area contributed by atoms with Crippen LogP contribution >= 0.6 is 11.8 Å². The Morgan fingerprint density at radius 2 is 2.27 bits per heavy atom. The van der Waals surface area contributed by atoms with Crippen LogP contribution in [-0.2, 0) is 4.79 Å². The van der Waals surface area contributed by atoms with Crippen LogP contribution in [0.25, 0.3) is 0 Å². The molecule has 0 spiro atoms. The highest BCUT2D eigenvalue weighted by Crippen LogP contribution is 1.91. The van der Waals surface area contributed by atoms with Gasteiger partial charge in [0.15, 0.2) is 0 Å². The van der Waals surface area contributed by atoms with E-state index in [1.165, 1.54) is 0 Å². The van der Waals surface area contributed by atoms with Crippen molar-refractivity contribution >= 4 is 24.3 Å². The summed E-state index contributed by atoms with van der Waals surface area (Å²) in [6.45, 7) is 0.905. The number of carbonyl (C=O) groups is 1. The lowest BCUT2D eigenvalue weighted by Crippen LogP contribution is -1.85. The quantitative estimate of drug-likeness (QED) is 0.334. The predicted molar refractivity (Wildman–Crippen MR) is 51.7 cm³/mol. The van der Waals surface area contributed by atoms with Crippen molar-refractivity contribution in [2.45, 2.75) is 19.3 Å². The van der Waals surface area contributed by atoms with Crippen LogP contribution < -0.4 is 0 Å². The van der Waals surface area contributed by atoms with Crippen LogP contribution in [0.4, 0.5) is 0 Å². The van der Waals surface area contributed by atoms with Gasteiger partial charge in [-0.25, -0.2) is 0 Å². The molecular formula is C8H15NOS. The van der Waals surface area contributed by atoms with Crippen molar-refractivity contribution in [1.29, 1.82) is 0 Å². The second-order valence-corrected chi connectivity index (χ2v) is 3.16. The molecule has 0 fully saturated rings.